The summed E-state index contributed by atoms with van der Waals surface area (Å²) >= 11 is 0. The maximum absolute atomic E-state index is 13.0. The summed E-state index contributed by atoms with van der Waals surface area (Å²) in [4.78, 5) is 25.4. The Labute approximate surface area is 183 Å². The summed E-state index contributed by atoms with van der Waals surface area (Å²) in [6.45, 7) is 1.88. The van der Waals surface area contributed by atoms with Crippen LogP contribution in [0.25, 0.3) is 6.08 Å². The summed E-state index contributed by atoms with van der Waals surface area (Å²) in [6, 6.07) is 12.3. The molecule has 4 aliphatic carbocycles. The standard InChI is InChI=1S/C27H29NO3/c1-17-2-8-24(29)23(10-17)25(30)9-5-18-3-6-22(7-4-18)26(31)28-27-14-19-11-20(15-27)13-21(12-19)16-27/h2-10,19-21,29H,11-16H2,1H3,(H,28,31)/b9-5+. The van der Waals surface area contributed by atoms with Gasteiger partial charge in [-0.1, -0.05) is 29.8 Å². The summed E-state index contributed by atoms with van der Waals surface area (Å²) < 4.78 is 0. The molecule has 4 aliphatic rings. The van der Waals surface area contributed by atoms with E-state index in [-0.39, 0.29) is 23.0 Å². The number of carbonyl (C=O) groups excluding carboxylic acids is 2. The van der Waals surface area contributed by atoms with Crippen LogP contribution in [-0.4, -0.2) is 22.3 Å². The molecule has 0 heterocycles. The zero-order valence-electron chi connectivity index (χ0n) is 17.9. The number of ketones is 1. The molecular formula is C27H29NO3. The predicted molar refractivity (Wildman–Crippen MR) is 121 cm³/mol. The van der Waals surface area contributed by atoms with Gasteiger partial charge in [-0.3, -0.25) is 9.59 Å². The topological polar surface area (TPSA) is 66.4 Å². The van der Waals surface area contributed by atoms with Crippen LogP contribution in [0.2, 0.25) is 0 Å². The van der Waals surface area contributed by atoms with E-state index < -0.39 is 0 Å². The number of amides is 1. The van der Waals surface area contributed by atoms with Crippen LogP contribution in [0, 0.1) is 24.7 Å². The van der Waals surface area contributed by atoms with Crippen LogP contribution in [0.1, 0.15) is 70.4 Å². The molecule has 0 aliphatic heterocycles. The Morgan fingerprint density at radius 1 is 0.968 bits per heavy atom. The number of allylic oxidation sites excluding steroid dienone is 1. The van der Waals surface area contributed by atoms with Gasteiger partial charge in [-0.2, -0.15) is 0 Å². The van der Waals surface area contributed by atoms with Gasteiger partial charge in [0.25, 0.3) is 5.91 Å². The van der Waals surface area contributed by atoms with Crippen LogP contribution in [-0.2, 0) is 0 Å². The number of phenols is 1. The number of nitrogens with one attached hydrogen (secondary N) is 1. The highest BCUT2D eigenvalue weighted by Gasteiger charge is 2.51. The van der Waals surface area contributed by atoms with Crippen LogP contribution in [0.15, 0.2) is 48.5 Å². The van der Waals surface area contributed by atoms with E-state index in [1.54, 1.807) is 18.2 Å². The fraction of sp³-hybridized carbons (Fsp3) is 0.407. The average Bonchev–Trinajstić information content (AvgIpc) is 2.72. The Hall–Kier alpha value is -2.88. The third-order valence-corrected chi connectivity index (χ3v) is 7.43. The van der Waals surface area contributed by atoms with Crippen molar-refractivity contribution in [1.82, 2.24) is 5.32 Å². The molecule has 0 spiro atoms. The zero-order chi connectivity index (χ0) is 21.6. The number of hydrogen-bond donors (Lipinski definition) is 2. The lowest BCUT2D eigenvalue weighted by molar-refractivity contribution is -0.0167. The first-order valence-corrected chi connectivity index (χ1v) is 11.3. The summed E-state index contributed by atoms with van der Waals surface area (Å²) in [6.07, 6.45) is 10.7. The highest BCUT2D eigenvalue weighted by Crippen LogP contribution is 2.55. The lowest BCUT2D eigenvalue weighted by Crippen LogP contribution is -2.59. The Balaban J connectivity index is 1.25. The molecule has 4 nitrogen and oxygen atoms in total. The molecule has 1 amide bonds. The van der Waals surface area contributed by atoms with Gasteiger partial charge < -0.3 is 10.4 Å². The molecule has 4 bridgehead atoms. The van der Waals surface area contributed by atoms with Crippen molar-refractivity contribution in [1.29, 1.82) is 0 Å². The van der Waals surface area contributed by atoms with Gasteiger partial charge in [0.2, 0.25) is 0 Å². The Bertz CT molecular complexity index is 1020. The van der Waals surface area contributed by atoms with Gasteiger partial charge in [-0.25, -0.2) is 0 Å². The van der Waals surface area contributed by atoms with Gasteiger partial charge in [-0.15, -0.1) is 0 Å². The molecule has 31 heavy (non-hydrogen) atoms. The second-order valence-corrected chi connectivity index (χ2v) is 9.99. The van der Waals surface area contributed by atoms with Crippen LogP contribution in [0.5, 0.6) is 5.75 Å². The number of carbonyl (C=O) groups is 2. The van der Waals surface area contributed by atoms with E-state index in [1.807, 2.05) is 31.2 Å². The van der Waals surface area contributed by atoms with Crippen molar-refractivity contribution in [2.75, 3.05) is 0 Å². The molecule has 4 saturated carbocycles. The smallest absolute Gasteiger partial charge is 0.251 e. The molecule has 4 fully saturated rings. The highest BCUT2D eigenvalue weighted by molar-refractivity contribution is 6.08. The number of hydrogen-bond acceptors (Lipinski definition) is 3. The maximum Gasteiger partial charge on any atom is 0.251 e. The number of rotatable bonds is 5. The van der Waals surface area contributed by atoms with Gasteiger partial charge in [-0.05, 0) is 99.1 Å². The van der Waals surface area contributed by atoms with E-state index in [1.165, 1.54) is 31.4 Å². The van der Waals surface area contributed by atoms with Crippen LogP contribution in [0.4, 0.5) is 0 Å². The first-order valence-electron chi connectivity index (χ1n) is 11.3. The van der Waals surface area contributed by atoms with Crippen molar-refractivity contribution in [3.63, 3.8) is 0 Å². The molecular weight excluding hydrogens is 386 g/mol. The normalized spacial score (nSPS) is 28.7. The Kier molecular flexibility index (Phi) is 4.96. The minimum atomic E-state index is -0.246. The first-order chi connectivity index (χ1) is 14.9. The minimum Gasteiger partial charge on any atom is -0.507 e. The van der Waals surface area contributed by atoms with E-state index in [9.17, 15) is 14.7 Å². The number of aromatic hydroxyl groups is 1. The molecule has 0 saturated heterocycles. The third kappa shape index (κ3) is 4.04. The molecule has 2 aromatic carbocycles. The summed E-state index contributed by atoms with van der Waals surface area (Å²) in [7, 11) is 0. The molecule has 2 aromatic rings. The molecule has 160 valence electrons. The minimum absolute atomic E-state index is 0.00659. The molecule has 4 heteroatoms. The molecule has 0 aromatic heterocycles. The van der Waals surface area contributed by atoms with Crippen LogP contribution >= 0.6 is 0 Å². The number of aryl methyl sites for hydroxylation is 1. The van der Waals surface area contributed by atoms with Crippen molar-refractivity contribution in [2.45, 2.75) is 51.0 Å². The fourth-order valence-corrected chi connectivity index (χ4v) is 6.43. The average molecular weight is 416 g/mol. The second-order valence-electron chi connectivity index (χ2n) is 9.99. The van der Waals surface area contributed by atoms with Gasteiger partial charge in [0.15, 0.2) is 5.78 Å². The van der Waals surface area contributed by atoms with E-state index in [0.717, 1.165) is 48.1 Å². The van der Waals surface area contributed by atoms with Crippen molar-refractivity contribution < 1.29 is 14.7 Å². The van der Waals surface area contributed by atoms with E-state index >= 15 is 0 Å². The van der Waals surface area contributed by atoms with Crippen molar-refractivity contribution in [3.05, 3.63) is 70.8 Å². The Morgan fingerprint density at radius 2 is 1.58 bits per heavy atom. The summed E-state index contributed by atoms with van der Waals surface area (Å²) in [5, 5.41) is 13.3. The lowest BCUT2D eigenvalue weighted by atomic mass is 9.53. The van der Waals surface area contributed by atoms with Gasteiger partial charge in [0.05, 0.1) is 5.56 Å². The fourth-order valence-electron chi connectivity index (χ4n) is 6.43. The van der Waals surface area contributed by atoms with Crippen LogP contribution in [0.3, 0.4) is 0 Å². The predicted octanol–water partition coefficient (Wildman–Crippen LogP) is 5.30. The Morgan fingerprint density at radius 3 is 2.19 bits per heavy atom. The molecule has 6 rings (SSSR count). The highest BCUT2D eigenvalue weighted by atomic mass is 16.3. The van der Waals surface area contributed by atoms with Gasteiger partial charge >= 0.3 is 0 Å². The van der Waals surface area contributed by atoms with Crippen molar-refractivity contribution >= 4 is 17.8 Å². The van der Waals surface area contributed by atoms with E-state index in [0.29, 0.717) is 11.1 Å². The van der Waals surface area contributed by atoms with Gasteiger partial charge in [0, 0.05) is 11.1 Å². The molecule has 2 N–H and O–H groups in total. The number of benzene rings is 2. The molecule has 0 radical (unpaired) electrons. The third-order valence-electron chi connectivity index (χ3n) is 7.43. The van der Waals surface area contributed by atoms with Crippen LogP contribution < -0.4 is 5.32 Å². The van der Waals surface area contributed by atoms with E-state index in [4.69, 9.17) is 0 Å². The van der Waals surface area contributed by atoms with Gasteiger partial charge in [0.1, 0.15) is 5.75 Å². The summed E-state index contributed by atoms with van der Waals surface area (Å²) in [5.41, 5.74) is 2.72. The van der Waals surface area contributed by atoms with E-state index in [2.05, 4.69) is 5.32 Å². The molecule has 0 atom stereocenters. The second kappa shape index (κ2) is 7.67. The monoisotopic (exact) mass is 415 g/mol. The number of phenolic OH excluding ortho intramolecular Hbond substituents is 1. The lowest BCUT2D eigenvalue weighted by Gasteiger charge is -2.56. The maximum atomic E-state index is 13.0. The first kappa shape index (κ1) is 20.0. The SMILES string of the molecule is Cc1ccc(O)c(C(=O)/C=C/c2ccc(C(=O)NC34CC5CC(CC(C5)C3)C4)cc2)c1. The summed E-state index contributed by atoms with van der Waals surface area (Å²) in [5.74, 6) is 2.14. The van der Waals surface area contributed by atoms with Crippen molar-refractivity contribution in [3.8, 4) is 5.75 Å². The quantitative estimate of drug-likeness (QED) is 0.515. The molecule has 0 unspecified atom stereocenters. The largest absolute Gasteiger partial charge is 0.507 e. The van der Waals surface area contributed by atoms with Crippen molar-refractivity contribution in [2.24, 2.45) is 17.8 Å². The zero-order valence-corrected chi connectivity index (χ0v) is 17.9.